The lowest BCUT2D eigenvalue weighted by Gasteiger charge is -2.14. The van der Waals surface area contributed by atoms with Crippen LogP contribution in [0, 0.1) is 13.8 Å². The molecule has 0 aliphatic rings. The molecule has 3 N–H and O–H groups in total. The van der Waals surface area contributed by atoms with Gasteiger partial charge >= 0.3 is 0 Å². The Morgan fingerprint density at radius 1 is 1.32 bits per heavy atom. The van der Waals surface area contributed by atoms with Crippen molar-refractivity contribution < 1.29 is 9.84 Å². The first-order valence-electron chi connectivity index (χ1n) is 6.21. The highest BCUT2D eigenvalue weighted by molar-refractivity contribution is 5.41. The SMILES string of the molecule is Cc1ncn(CC(O)COc2ccc(N)cc2)c1C. The van der Waals surface area contributed by atoms with Gasteiger partial charge in [-0.15, -0.1) is 0 Å². The van der Waals surface area contributed by atoms with Gasteiger partial charge in [0.15, 0.2) is 0 Å². The fourth-order valence-electron chi connectivity index (χ4n) is 1.76. The van der Waals surface area contributed by atoms with Gasteiger partial charge < -0.3 is 20.1 Å². The van der Waals surface area contributed by atoms with Gasteiger partial charge in [-0.3, -0.25) is 0 Å². The minimum atomic E-state index is -0.579. The van der Waals surface area contributed by atoms with E-state index in [1.165, 1.54) is 0 Å². The zero-order chi connectivity index (χ0) is 13.8. The molecule has 0 radical (unpaired) electrons. The van der Waals surface area contributed by atoms with Gasteiger partial charge in [-0.2, -0.15) is 0 Å². The number of nitrogen functional groups attached to an aromatic ring is 1. The number of hydrogen-bond donors (Lipinski definition) is 2. The molecule has 5 heteroatoms. The Morgan fingerprint density at radius 2 is 2.00 bits per heavy atom. The fourth-order valence-corrected chi connectivity index (χ4v) is 1.76. The first kappa shape index (κ1) is 13.4. The number of hydrogen-bond acceptors (Lipinski definition) is 4. The summed E-state index contributed by atoms with van der Waals surface area (Å²) in [6.45, 7) is 4.64. The van der Waals surface area contributed by atoms with Crippen LogP contribution in [-0.2, 0) is 6.54 Å². The normalized spacial score (nSPS) is 12.4. The molecule has 0 fully saturated rings. The van der Waals surface area contributed by atoms with Gasteiger partial charge in [-0.05, 0) is 38.1 Å². The van der Waals surface area contributed by atoms with Crippen LogP contribution < -0.4 is 10.5 Å². The second-order valence-electron chi connectivity index (χ2n) is 4.60. The number of aromatic nitrogens is 2. The maximum absolute atomic E-state index is 9.95. The molecule has 0 amide bonds. The third-order valence-electron chi connectivity index (χ3n) is 3.08. The molecular formula is C14H19N3O2. The quantitative estimate of drug-likeness (QED) is 0.800. The standard InChI is InChI=1S/C14H19N3O2/c1-10-11(2)17(9-16-10)7-13(18)8-19-14-5-3-12(15)4-6-14/h3-6,9,13,18H,7-8,15H2,1-2H3. The minimum Gasteiger partial charge on any atom is -0.491 e. The van der Waals surface area contributed by atoms with E-state index >= 15 is 0 Å². The highest BCUT2D eigenvalue weighted by Gasteiger charge is 2.09. The molecule has 0 bridgehead atoms. The van der Waals surface area contributed by atoms with Crippen LogP contribution in [0.25, 0.3) is 0 Å². The average Bonchev–Trinajstić information content (AvgIpc) is 2.70. The average molecular weight is 261 g/mol. The lowest BCUT2D eigenvalue weighted by molar-refractivity contribution is 0.0920. The van der Waals surface area contributed by atoms with Crippen LogP contribution in [0.15, 0.2) is 30.6 Å². The molecule has 19 heavy (non-hydrogen) atoms. The summed E-state index contributed by atoms with van der Waals surface area (Å²) in [6.07, 6.45) is 1.15. The number of imidazole rings is 1. The number of benzene rings is 1. The van der Waals surface area contributed by atoms with Crippen LogP contribution in [0.2, 0.25) is 0 Å². The summed E-state index contributed by atoms with van der Waals surface area (Å²) in [6, 6.07) is 7.11. The molecule has 2 rings (SSSR count). The summed E-state index contributed by atoms with van der Waals surface area (Å²) in [4.78, 5) is 4.19. The first-order chi connectivity index (χ1) is 9.06. The molecule has 1 unspecified atom stereocenters. The Hall–Kier alpha value is -2.01. The molecule has 2 aromatic rings. The van der Waals surface area contributed by atoms with Crippen LogP contribution >= 0.6 is 0 Å². The smallest absolute Gasteiger partial charge is 0.119 e. The number of ether oxygens (including phenoxy) is 1. The zero-order valence-corrected chi connectivity index (χ0v) is 11.2. The molecule has 1 aromatic carbocycles. The highest BCUT2D eigenvalue weighted by Crippen LogP contribution is 2.13. The van der Waals surface area contributed by atoms with E-state index in [2.05, 4.69) is 4.98 Å². The number of anilines is 1. The summed E-state index contributed by atoms with van der Waals surface area (Å²) < 4.78 is 7.43. The molecule has 0 aliphatic carbocycles. The van der Waals surface area contributed by atoms with Crippen molar-refractivity contribution in [1.29, 1.82) is 0 Å². The maximum atomic E-state index is 9.95. The van der Waals surface area contributed by atoms with E-state index < -0.39 is 6.10 Å². The van der Waals surface area contributed by atoms with Crippen molar-refractivity contribution >= 4 is 5.69 Å². The molecule has 102 valence electrons. The summed E-state index contributed by atoms with van der Waals surface area (Å²) in [5, 5.41) is 9.95. The molecule has 1 aromatic heterocycles. The third kappa shape index (κ3) is 3.48. The van der Waals surface area contributed by atoms with Crippen LogP contribution in [0.1, 0.15) is 11.4 Å². The van der Waals surface area contributed by atoms with E-state index in [1.807, 2.05) is 18.4 Å². The van der Waals surface area contributed by atoms with Crippen LogP contribution in [0.4, 0.5) is 5.69 Å². The first-order valence-corrected chi connectivity index (χ1v) is 6.21. The van der Waals surface area contributed by atoms with Gasteiger partial charge in [0, 0.05) is 11.4 Å². The fraction of sp³-hybridized carbons (Fsp3) is 0.357. The summed E-state index contributed by atoms with van der Waals surface area (Å²) in [5.74, 6) is 0.701. The van der Waals surface area contributed by atoms with Crippen molar-refractivity contribution in [3.63, 3.8) is 0 Å². The van der Waals surface area contributed by atoms with E-state index in [0.717, 1.165) is 11.4 Å². The number of rotatable bonds is 5. The van der Waals surface area contributed by atoms with Gasteiger partial charge in [-0.25, -0.2) is 4.98 Å². The largest absolute Gasteiger partial charge is 0.491 e. The second kappa shape index (κ2) is 5.75. The van der Waals surface area contributed by atoms with Crippen molar-refractivity contribution in [2.45, 2.75) is 26.5 Å². The van der Waals surface area contributed by atoms with Gasteiger partial charge in [-0.1, -0.05) is 0 Å². The van der Waals surface area contributed by atoms with Crippen molar-refractivity contribution in [1.82, 2.24) is 9.55 Å². The lowest BCUT2D eigenvalue weighted by Crippen LogP contribution is -2.23. The summed E-state index contributed by atoms with van der Waals surface area (Å²) >= 11 is 0. The number of aliphatic hydroxyl groups excluding tert-OH is 1. The van der Waals surface area contributed by atoms with Crippen molar-refractivity contribution in [2.24, 2.45) is 0 Å². The van der Waals surface area contributed by atoms with E-state index in [4.69, 9.17) is 10.5 Å². The van der Waals surface area contributed by atoms with Gasteiger partial charge in [0.1, 0.15) is 18.5 Å². The van der Waals surface area contributed by atoms with Crippen molar-refractivity contribution in [3.8, 4) is 5.75 Å². The second-order valence-corrected chi connectivity index (χ2v) is 4.60. The predicted octanol–water partition coefficient (Wildman–Crippen LogP) is 1.52. The molecule has 5 nitrogen and oxygen atoms in total. The Kier molecular flexibility index (Phi) is 4.06. The number of aliphatic hydroxyl groups is 1. The Balaban J connectivity index is 1.86. The van der Waals surface area contributed by atoms with Gasteiger partial charge in [0.2, 0.25) is 0 Å². The molecule has 0 spiro atoms. The van der Waals surface area contributed by atoms with Crippen molar-refractivity contribution in [2.75, 3.05) is 12.3 Å². The van der Waals surface area contributed by atoms with E-state index in [0.29, 0.717) is 18.0 Å². The van der Waals surface area contributed by atoms with Crippen LogP contribution in [0.5, 0.6) is 5.75 Å². The zero-order valence-electron chi connectivity index (χ0n) is 11.2. The maximum Gasteiger partial charge on any atom is 0.119 e. The molecular weight excluding hydrogens is 242 g/mol. The Labute approximate surface area is 112 Å². The van der Waals surface area contributed by atoms with Gasteiger partial charge in [0.25, 0.3) is 0 Å². The number of nitrogens with zero attached hydrogens (tertiary/aromatic N) is 2. The summed E-state index contributed by atoms with van der Waals surface area (Å²) in [7, 11) is 0. The minimum absolute atomic E-state index is 0.237. The van der Waals surface area contributed by atoms with E-state index in [1.54, 1.807) is 30.6 Å². The molecule has 0 saturated carbocycles. The van der Waals surface area contributed by atoms with Gasteiger partial charge in [0.05, 0.1) is 18.6 Å². The highest BCUT2D eigenvalue weighted by atomic mass is 16.5. The number of aryl methyl sites for hydroxylation is 1. The molecule has 1 heterocycles. The topological polar surface area (TPSA) is 73.3 Å². The molecule has 1 atom stereocenters. The van der Waals surface area contributed by atoms with E-state index in [-0.39, 0.29) is 6.61 Å². The number of nitrogens with two attached hydrogens (primary N) is 1. The Morgan fingerprint density at radius 3 is 2.58 bits per heavy atom. The van der Waals surface area contributed by atoms with E-state index in [9.17, 15) is 5.11 Å². The summed E-state index contributed by atoms with van der Waals surface area (Å²) in [5.41, 5.74) is 8.32. The third-order valence-corrected chi connectivity index (χ3v) is 3.08. The predicted molar refractivity (Wildman–Crippen MR) is 74.1 cm³/mol. The molecule has 0 aliphatic heterocycles. The monoisotopic (exact) mass is 261 g/mol. The van der Waals surface area contributed by atoms with Crippen LogP contribution in [0.3, 0.4) is 0 Å². The Bertz CT molecular complexity index is 534. The van der Waals surface area contributed by atoms with Crippen molar-refractivity contribution in [3.05, 3.63) is 42.0 Å². The lowest BCUT2D eigenvalue weighted by atomic mass is 10.3. The molecule has 0 saturated heterocycles. The van der Waals surface area contributed by atoms with Crippen LogP contribution in [-0.4, -0.2) is 27.4 Å².